The van der Waals surface area contributed by atoms with Crippen LogP contribution in [0.25, 0.3) is 0 Å². The van der Waals surface area contributed by atoms with Gasteiger partial charge in [0, 0.05) is 5.56 Å². The van der Waals surface area contributed by atoms with Gasteiger partial charge in [0.25, 0.3) is 0 Å². The minimum absolute atomic E-state index is 0.332. The Morgan fingerprint density at radius 3 is 2.35 bits per heavy atom. The average Bonchev–Trinajstić information content (AvgIpc) is 2.63. The van der Waals surface area contributed by atoms with E-state index in [1.807, 2.05) is 54.6 Å². The van der Waals surface area contributed by atoms with Gasteiger partial charge in [-0.25, -0.2) is 0 Å². The van der Waals surface area contributed by atoms with Crippen LogP contribution in [0, 0.1) is 0 Å². The van der Waals surface area contributed by atoms with Crippen molar-refractivity contribution in [2.24, 2.45) is 0 Å². The Hall–Kier alpha value is -1.80. The Kier molecular flexibility index (Phi) is 2.20. The third-order valence-corrected chi connectivity index (χ3v) is 3.29. The molecule has 1 aliphatic heterocycles. The molecule has 3 rings (SSSR count). The van der Waals surface area contributed by atoms with Gasteiger partial charge < -0.3 is 9.84 Å². The maximum atomic E-state index is 10.6. The van der Waals surface area contributed by atoms with E-state index in [1.54, 1.807) is 6.92 Å². The first-order chi connectivity index (χ1) is 8.19. The molecule has 0 saturated heterocycles. The molecular formula is C15H14O2. The standard InChI is InChI=1S/C15H14O2/c1-15(16)12-9-5-6-10-13(12)17-14(15)11-7-3-2-4-8-11/h2-10,14,16H,1H3/t14-,15-/m0/s1. The van der Waals surface area contributed by atoms with Crippen LogP contribution in [0.15, 0.2) is 54.6 Å². The summed E-state index contributed by atoms with van der Waals surface area (Å²) in [5, 5.41) is 10.6. The van der Waals surface area contributed by atoms with Crippen molar-refractivity contribution in [2.75, 3.05) is 0 Å². The lowest BCUT2D eigenvalue weighted by molar-refractivity contribution is -0.0260. The summed E-state index contributed by atoms with van der Waals surface area (Å²) in [6, 6.07) is 17.5. The highest BCUT2D eigenvalue weighted by Gasteiger charge is 2.44. The van der Waals surface area contributed by atoms with Crippen molar-refractivity contribution in [3.63, 3.8) is 0 Å². The van der Waals surface area contributed by atoms with Gasteiger partial charge in [0.15, 0.2) is 6.10 Å². The maximum Gasteiger partial charge on any atom is 0.156 e. The Morgan fingerprint density at radius 2 is 1.65 bits per heavy atom. The van der Waals surface area contributed by atoms with E-state index in [0.717, 1.165) is 16.9 Å². The van der Waals surface area contributed by atoms with Crippen LogP contribution in [0.3, 0.4) is 0 Å². The molecule has 0 aromatic heterocycles. The molecule has 0 unspecified atom stereocenters. The minimum atomic E-state index is -0.974. The van der Waals surface area contributed by atoms with Gasteiger partial charge in [-0.1, -0.05) is 48.5 Å². The molecule has 86 valence electrons. The zero-order valence-corrected chi connectivity index (χ0v) is 9.63. The van der Waals surface area contributed by atoms with E-state index in [1.165, 1.54) is 0 Å². The van der Waals surface area contributed by atoms with Gasteiger partial charge in [-0.2, -0.15) is 0 Å². The first kappa shape index (κ1) is 10.4. The van der Waals surface area contributed by atoms with Crippen LogP contribution in [-0.4, -0.2) is 5.11 Å². The summed E-state index contributed by atoms with van der Waals surface area (Å²) in [5.74, 6) is 0.770. The Balaban J connectivity index is 2.07. The molecule has 2 atom stereocenters. The molecule has 0 aliphatic carbocycles. The lowest BCUT2D eigenvalue weighted by Crippen LogP contribution is -2.27. The third kappa shape index (κ3) is 1.53. The third-order valence-electron chi connectivity index (χ3n) is 3.29. The van der Waals surface area contributed by atoms with Gasteiger partial charge >= 0.3 is 0 Å². The molecule has 2 heteroatoms. The Bertz CT molecular complexity index is 532. The molecule has 1 heterocycles. The average molecular weight is 226 g/mol. The van der Waals surface area contributed by atoms with Gasteiger partial charge in [-0.15, -0.1) is 0 Å². The molecule has 17 heavy (non-hydrogen) atoms. The van der Waals surface area contributed by atoms with Gasteiger partial charge in [0.05, 0.1) is 0 Å². The Labute approximate surface area is 100 Å². The second kappa shape index (κ2) is 3.60. The largest absolute Gasteiger partial charge is 0.482 e. The molecule has 0 saturated carbocycles. The topological polar surface area (TPSA) is 29.5 Å². The fraction of sp³-hybridized carbons (Fsp3) is 0.200. The SMILES string of the molecule is C[C@]1(O)c2ccccc2O[C@H]1c1ccccc1. The molecule has 0 fully saturated rings. The zero-order chi connectivity index (χ0) is 11.9. The van der Waals surface area contributed by atoms with Crippen LogP contribution in [0.5, 0.6) is 5.75 Å². The summed E-state index contributed by atoms with van der Waals surface area (Å²) in [5.41, 5.74) is 0.875. The summed E-state index contributed by atoms with van der Waals surface area (Å²) in [6.07, 6.45) is -0.332. The molecule has 0 spiro atoms. The number of para-hydroxylation sites is 1. The molecule has 0 radical (unpaired) electrons. The summed E-state index contributed by atoms with van der Waals surface area (Å²) < 4.78 is 5.86. The Morgan fingerprint density at radius 1 is 1.00 bits per heavy atom. The fourth-order valence-corrected chi connectivity index (χ4v) is 2.39. The van der Waals surface area contributed by atoms with Crippen molar-refractivity contribution >= 4 is 0 Å². The number of fused-ring (bicyclic) bond motifs is 1. The van der Waals surface area contributed by atoms with Crippen molar-refractivity contribution in [2.45, 2.75) is 18.6 Å². The molecular weight excluding hydrogens is 212 g/mol. The summed E-state index contributed by atoms with van der Waals surface area (Å²) in [6.45, 7) is 1.80. The highest BCUT2D eigenvalue weighted by molar-refractivity contribution is 5.44. The highest BCUT2D eigenvalue weighted by atomic mass is 16.5. The number of rotatable bonds is 1. The zero-order valence-electron chi connectivity index (χ0n) is 9.63. The van der Waals surface area contributed by atoms with Crippen molar-refractivity contribution in [1.82, 2.24) is 0 Å². The fourth-order valence-electron chi connectivity index (χ4n) is 2.39. The van der Waals surface area contributed by atoms with Crippen LogP contribution in [0.1, 0.15) is 24.2 Å². The van der Waals surface area contributed by atoms with Crippen LogP contribution < -0.4 is 4.74 Å². The van der Waals surface area contributed by atoms with Gasteiger partial charge in [0.1, 0.15) is 11.4 Å². The molecule has 2 aromatic carbocycles. The number of aliphatic hydroxyl groups is 1. The molecule has 1 aliphatic rings. The van der Waals surface area contributed by atoms with E-state index in [9.17, 15) is 5.11 Å². The summed E-state index contributed by atoms with van der Waals surface area (Å²) in [4.78, 5) is 0. The summed E-state index contributed by atoms with van der Waals surface area (Å²) in [7, 11) is 0. The minimum Gasteiger partial charge on any atom is -0.482 e. The van der Waals surface area contributed by atoms with E-state index in [0.29, 0.717) is 0 Å². The van der Waals surface area contributed by atoms with E-state index in [-0.39, 0.29) is 6.10 Å². The monoisotopic (exact) mass is 226 g/mol. The van der Waals surface area contributed by atoms with Gasteiger partial charge in [-0.3, -0.25) is 0 Å². The predicted molar refractivity (Wildman–Crippen MR) is 65.8 cm³/mol. The second-order valence-corrected chi connectivity index (χ2v) is 4.55. The van der Waals surface area contributed by atoms with E-state index in [4.69, 9.17) is 4.74 Å². The first-order valence-electron chi connectivity index (χ1n) is 5.73. The van der Waals surface area contributed by atoms with Gasteiger partial charge in [0.2, 0.25) is 0 Å². The van der Waals surface area contributed by atoms with Crippen molar-refractivity contribution in [3.05, 3.63) is 65.7 Å². The second-order valence-electron chi connectivity index (χ2n) is 4.55. The lowest BCUT2D eigenvalue weighted by Gasteiger charge is -2.24. The predicted octanol–water partition coefficient (Wildman–Crippen LogP) is 3.03. The molecule has 1 N–H and O–H groups in total. The molecule has 0 amide bonds. The molecule has 0 bridgehead atoms. The molecule has 2 aromatic rings. The number of hydrogen-bond donors (Lipinski definition) is 1. The van der Waals surface area contributed by atoms with Crippen LogP contribution in [0.4, 0.5) is 0 Å². The van der Waals surface area contributed by atoms with Crippen LogP contribution >= 0.6 is 0 Å². The number of ether oxygens (including phenoxy) is 1. The maximum absolute atomic E-state index is 10.6. The lowest BCUT2D eigenvalue weighted by atomic mass is 9.88. The van der Waals surface area contributed by atoms with E-state index < -0.39 is 5.60 Å². The first-order valence-corrected chi connectivity index (χ1v) is 5.73. The normalized spacial score (nSPS) is 26.4. The number of benzene rings is 2. The van der Waals surface area contributed by atoms with E-state index in [2.05, 4.69) is 0 Å². The quantitative estimate of drug-likeness (QED) is 0.810. The molecule has 2 nitrogen and oxygen atoms in total. The van der Waals surface area contributed by atoms with Crippen molar-refractivity contribution < 1.29 is 9.84 Å². The summed E-state index contributed by atoms with van der Waals surface area (Å²) >= 11 is 0. The van der Waals surface area contributed by atoms with Crippen molar-refractivity contribution in [3.8, 4) is 5.75 Å². The van der Waals surface area contributed by atoms with Gasteiger partial charge in [-0.05, 0) is 18.6 Å². The smallest absolute Gasteiger partial charge is 0.156 e. The van der Waals surface area contributed by atoms with Crippen LogP contribution in [0.2, 0.25) is 0 Å². The van der Waals surface area contributed by atoms with Crippen LogP contribution in [-0.2, 0) is 5.60 Å². The number of hydrogen-bond acceptors (Lipinski definition) is 2. The van der Waals surface area contributed by atoms with E-state index >= 15 is 0 Å². The highest BCUT2D eigenvalue weighted by Crippen LogP contribution is 2.48. The van der Waals surface area contributed by atoms with Crippen molar-refractivity contribution in [1.29, 1.82) is 0 Å².